The Balaban J connectivity index is 2.75. The molecule has 2 rings (SSSR count). The molecule has 0 saturated heterocycles. The summed E-state index contributed by atoms with van der Waals surface area (Å²) in [5.74, 6) is -2.67. The van der Waals surface area contributed by atoms with Crippen LogP contribution in [0, 0.1) is 17.6 Å². The van der Waals surface area contributed by atoms with E-state index in [4.69, 9.17) is 0 Å². The summed E-state index contributed by atoms with van der Waals surface area (Å²) in [4.78, 5) is 3.41. The summed E-state index contributed by atoms with van der Waals surface area (Å²) in [5, 5.41) is 0. The lowest BCUT2D eigenvalue weighted by molar-refractivity contribution is 0.507. The van der Waals surface area contributed by atoms with Gasteiger partial charge in [0.15, 0.2) is 11.6 Å². The summed E-state index contributed by atoms with van der Waals surface area (Å²) in [6, 6.07) is 3.67. The standard InChI is InChI=1S/C14H11BrF3N/c1-7(2)9-6-10(16)14(18)12(13(9)15)8-3-4-19-11(17)5-8/h3-7H,1-2H3. The molecule has 0 atom stereocenters. The van der Waals surface area contributed by atoms with Gasteiger partial charge in [-0.25, -0.2) is 13.8 Å². The van der Waals surface area contributed by atoms with Gasteiger partial charge in [0.25, 0.3) is 0 Å². The van der Waals surface area contributed by atoms with E-state index >= 15 is 0 Å². The smallest absolute Gasteiger partial charge is 0.213 e. The molecule has 0 fully saturated rings. The minimum atomic E-state index is -0.998. The molecule has 0 aliphatic rings. The number of hydrogen-bond donors (Lipinski definition) is 0. The lowest BCUT2D eigenvalue weighted by Gasteiger charge is -2.14. The quantitative estimate of drug-likeness (QED) is 0.554. The van der Waals surface area contributed by atoms with E-state index in [-0.39, 0.29) is 17.0 Å². The highest BCUT2D eigenvalue weighted by Crippen LogP contribution is 2.37. The van der Waals surface area contributed by atoms with Gasteiger partial charge in [0.2, 0.25) is 5.95 Å². The minimum absolute atomic E-state index is 0.00918. The first kappa shape index (κ1) is 14.1. The van der Waals surface area contributed by atoms with E-state index in [1.807, 2.05) is 13.8 Å². The fourth-order valence-corrected chi connectivity index (χ4v) is 2.83. The van der Waals surface area contributed by atoms with E-state index in [0.717, 1.165) is 12.1 Å². The van der Waals surface area contributed by atoms with Crippen LogP contribution in [0.5, 0.6) is 0 Å². The van der Waals surface area contributed by atoms with Gasteiger partial charge in [-0.2, -0.15) is 4.39 Å². The highest BCUT2D eigenvalue weighted by atomic mass is 79.9. The fourth-order valence-electron chi connectivity index (χ4n) is 1.85. The molecule has 1 heterocycles. The molecule has 0 aliphatic heterocycles. The molecule has 5 heteroatoms. The van der Waals surface area contributed by atoms with Crippen LogP contribution in [0.15, 0.2) is 28.9 Å². The van der Waals surface area contributed by atoms with Crippen molar-refractivity contribution in [1.29, 1.82) is 0 Å². The van der Waals surface area contributed by atoms with E-state index in [9.17, 15) is 13.2 Å². The van der Waals surface area contributed by atoms with Gasteiger partial charge in [-0.3, -0.25) is 0 Å². The van der Waals surface area contributed by atoms with Crippen LogP contribution in [-0.4, -0.2) is 4.98 Å². The predicted octanol–water partition coefficient (Wildman–Crippen LogP) is 5.05. The molecule has 0 unspecified atom stereocenters. The minimum Gasteiger partial charge on any atom is -0.228 e. The molecule has 0 radical (unpaired) electrons. The average molecular weight is 330 g/mol. The number of hydrogen-bond acceptors (Lipinski definition) is 1. The van der Waals surface area contributed by atoms with Crippen molar-refractivity contribution < 1.29 is 13.2 Å². The molecule has 1 aromatic carbocycles. The number of pyridine rings is 1. The van der Waals surface area contributed by atoms with Crippen molar-refractivity contribution in [3.8, 4) is 11.1 Å². The van der Waals surface area contributed by atoms with Crippen LogP contribution in [-0.2, 0) is 0 Å². The zero-order chi connectivity index (χ0) is 14.2. The Morgan fingerprint density at radius 3 is 2.42 bits per heavy atom. The highest BCUT2D eigenvalue weighted by molar-refractivity contribution is 9.10. The van der Waals surface area contributed by atoms with E-state index in [2.05, 4.69) is 20.9 Å². The molecule has 0 N–H and O–H groups in total. The van der Waals surface area contributed by atoms with Crippen molar-refractivity contribution >= 4 is 15.9 Å². The lowest BCUT2D eigenvalue weighted by Crippen LogP contribution is -1.99. The third-order valence-corrected chi connectivity index (χ3v) is 3.68. The third kappa shape index (κ3) is 2.66. The zero-order valence-electron chi connectivity index (χ0n) is 10.3. The molecule has 100 valence electrons. The maximum atomic E-state index is 14.0. The Morgan fingerprint density at radius 1 is 1.16 bits per heavy atom. The highest BCUT2D eigenvalue weighted by Gasteiger charge is 2.20. The van der Waals surface area contributed by atoms with Crippen molar-refractivity contribution in [2.45, 2.75) is 19.8 Å². The SMILES string of the molecule is CC(C)c1cc(F)c(F)c(-c2ccnc(F)c2)c1Br. The van der Waals surface area contributed by atoms with E-state index in [1.54, 1.807) is 0 Å². The summed E-state index contributed by atoms with van der Waals surface area (Å²) in [7, 11) is 0. The van der Waals surface area contributed by atoms with Gasteiger partial charge in [-0.15, -0.1) is 0 Å². The molecule has 0 saturated carbocycles. The molecular weight excluding hydrogens is 319 g/mol. The normalized spacial score (nSPS) is 11.1. The molecule has 0 amide bonds. The van der Waals surface area contributed by atoms with Crippen LogP contribution in [0.2, 0.25) is 0 Å². The van der Waals surface area contributed by atoms with Crippen LogP contribution >= 0.6 is 15.9 Å². The van der Waals surface area contributed by atoms with Gasteiger partial charge in [0.05, 0.1) is 0 Å². The van der Waals surface area contributed by atoms with Crippen molar-refractivity contribution in [3.63, 3.8) is 0 Å². The van der Waals surface area contributed by atoms with Gasteiger partial charge in [-0.1, -0.05) is 13.8 Å². The average Bonchev–Trinajstić information content (AvgIpc) is 2.34. The summed E-state index contributed by atoms with van der Waals surface area (Å²) < 4.78 is 41.2. The summed E-state index contributed by atoms with van der Waals surface area (Å²) in [6.45, 7) is 3.74. The summed E-state index contributed by atoms with van der Waals surface area (Å²) in [6.07, 6.45) is 1.22. The first-order valence-corrected chi connectivity index (χ1v) is 6.50. The number of nitrogens with zero attached hydrogens (tertiary/aromatic N) is 1. The van der Waals surface area contributed by atoms with Crippen LogP contribution < -0.4 is 0 Å². The third-order valence-electron chi connectivity index (χ3n) is 2.82. The molecule has 2 aromatic rings. The predicted molar refractivity (Wildman–Crippen MR) is 71.3 cm³/mol. The summed E-state index contributed by atoms with van der Waals surface area (Å²) >= 11 is 3.28. The second kappa shape index (κ2) is 5.33. The Bertz CT molecular complexity index is 626. The van der Waals surface area contributed by atoms with Crippen molar-refractivity contribution in [2.75, 3.05) is 0 Å². The summed E-state index contributed by atoms with van der Waals surface area (Å²) in [5.41, 5.74) is 0.898. The number of halogens is 4. The Labute approximate surface area is 117 Å². The monoisotopic (exact) mass is 329 g/mol. The van der Waals surface area contributed by atoms with Crippen molar-refractivity contribution in [1.82, 2.24) is 4.98 Å². The van der Waals surface area contributed by atoms with E-state index in [0.29, 0.717) is 10.0 Å². The van der Waals surface area contributed by atoms with Gasteiger partial charge >= 0.3 is 0 Å². The first-order valence-electron chi connectivity index (χ1n) is 5.71. The molecule has 1 aromatic heterocycles. The number of aromatic nitrogens is 1. The van der Waals surface area contributed by atoms with Crippen LogP contribution in [0.4, 0.5) is 13.2 Å². The van der Waals surface area contributed by atoms with E-state index < -0.39 is 17.6 Å². The topological polar surface area (TPSA) is 12.9 Å². The molecule has 0 aliphatic carbocycles. The maximum Gasteiger partial charge on any atom is 0.213 e. The molecular formula is C14H11BrF3N. The molecule has 1 nitrogen and oxygen atoms in total. The first-order chi connectivity index (χ1) is 8.91. The maximum absolute atomic E-state index is 14.0. The van der Waals surface area contributed by atoms with Crippen LogP contribution in [0.25, 0.3) is 11.1 Å². The second-order valence-corrected chi connectivity index (χ2v) is 5.27. The lowest BCUT2D eigenvalue weighted by atomic mass is 9.97. The zero-order valence-corrected chi connectivity index (χ0v) is 11.9. The molecule has 19 heavy (non-hydrogen) atoms. The molecule has 0 bridgehead atoms. The Hall–Kier alpha value is -1.36. The number of rotatable bonds is 2. The number of benzene rings is 1. The molecule has 0 spiro atoms. The largest absolute Gasteiger partial charge is 0.228 e. The van der Waals surface area contributed by atoms with Crippen LogP contribution in [0.1, 0.15) is 25.3 Å². The Kier molecular flexibility index (Phi) is 3.94. The van der Waals surface area contributed by atoms with Gasteiger partial charge in [0.1, 0.15) is 0 Å². The van der Waals surface area contributed by atoms with E-state index in [1.165, 1.54) is 12.3 Å². The second-order valence-electron chi connectivity index (χ2n) is 4.47. The van der Waals surface area contributed by atoms with Crippen LogP contribution in [0.3, 0.4) is 0 Å². The van der Waals surface area contributed by atoms with Gasteiger partial charge in [-0.05, 0) is 45.1 Å². The Morgan fingerprint density at radius 2 is 1.84 bits per heavy atom. The van der Waals surface area contributed by atoms with Crippen molar-refractivity contribution in [2.24, 2.45) is 0 Å². The van der Waals surface area contributed by atoms with Crippen molar-refractivity contribution in [3.05, 3.63) is 52.0 Å². The van der Waals surface area contributed by atoms with Gasteiger partial charge in [0, 0.05) is 22.3 Å². The fraction of sp³-hybridized carbons (Fsp3) is 0.214. The van der Waals surface area contributed by atoms with Gasteiger partial charge < -0.3 is 0 Å².